The highest BCUT2D eigenvalue weighted by Crippen LogP contribution is 2.25. The fraction of sp³-hybridized carbons (Fsp3) is 0.857. The van der Waals surface area contributed by atoms with E-state index >= 15 is 0 Å². The summed E-state index contributed by atoms with van der Waals surface area (Å²) in [5.41, 5.74) is 5.64. The first kappa shape index (κ1) is 7.38. The zero-order valence-electron chi connectivity index (χ0n) is 6.67. The number of guanidine groups is 1. The number of nitrogens with zero attached hydrogens (tertiary/aromatic N) is 2. The topological polar surface area (TPSA) is 41.6 Å². The molecule has 3 heteroatoms. The molecule has 0 aromatic rings. The number of hydrogen-bond donors (Lipinski definition) is 1. The van der Waals surface area contributed by atoms with E-state index in [-0.39, 0.29) is 0 Å². The highest BCUT2D eigenvalue weighted by molar-refractivity contribution is 5.78. The lowest BCUT2D eigenvalue weighted by molar-refractivity contribution is 0.426. The molecule has 1 aliphatic carbocycles. The molecule has 10 heavy (non-hydrogen) atoms. The fourth-order valence-electron chi connectivity index (χ4n) is 1.12. The Morgan fingerprint density at radius 1 is 1.70 bits per heavy atom. The van der Waals surface area contributed by atoms with Crippen LogP contribution in [0, 0.1) is 0 Å². The van der Waals surface area contributed by atoms with Crippen molar-refractivity contribution in [2.75, 3.05) is 13.6 Å². The molecule has 0 unspecified atom stereocenters. The normalized spacial score (nSPS) is 19.2. The Bertz CT molecular complexity index is 138. The summed E-state index contributed by atoms with van der Waals surface area (Å²) < 4.78 is 0. The monoisotopic (exact) mass is 141 g/mol. The SMILES string of the molecule is CCN(C(N)=NC)C1CC1. The zero-order chi connectivity index (χ0) is 7.56. The quantitative estimate of drug-likeness (QED) is 0.447. The summed E-state index contributed by atoms with van der Waals surface area (Å²) in [6, 6.07) is 0.689. The predicted molar refractivity (Wildman–Crippen MR) is 42.9 cm³/mol. The van der Waals surface area contributed by atoms with Crippen molar-refractivity contribution in [2.24, 2.45) is 10.7 Å². The van der Waals surface area contributed by atoms with Crippen LogP contribution in [0.15, 0.2) is 4.99 Å². The third-order valence-electron chi connectivity index (χ3n) is 1.85. The Morgan fingerprint density at radius 3 is 2.60 bits per heavy atom. The lowest BCUT2D eigenvalue weighted by Crippen LogP contribution is -2.38. The van der Waals surface area contributed by atoms with Crippen molar-refractivity contribution in [3.63, 3.8) is 0 Å². The van der Waals surface area contributed by atoms with Gasteiger partial charge in [-0.1, -0.05) is 0 Å². The van der Waals surface area contributed by atoms with Crippen molar-refractivity contribution in [3.8, 4) is 0 Å². The van der Waals surface area contributed by atoms with E-state index in [4.69, 9.17) is 5.73 Å². The molecule has 0 aromatic carbocycles. The van der Waals surface area contributed by atoms with E-state index in [1.54, 1.807) is 7.05 Å². The summed E-state index contributed by atoms with van der Waals surface area (Å²) in [4.78, 5) is 6.09. The first-order valence-electron chi connectivity index (χ1n) is 3.78. The minimum absolute atomic E-state index is 0.685. The van der Waals surface area contributed by atoms with Crippen molar-refractivity contribution in [1.82, 2.24) is 4.90 Å². The maximum Gasteiger partial charge on any atom is 0.191 e. The van der Waals surface area contributed by atoms with Crippen molar-refractivity contribution >= 4 is 5.96 Å². The van der Waals surface area contributed by atoms with Gasteiger partial charge in [0.15, 0.2) is 5.96 Å². The smallest absolute Gasteiger partial charge is 0.191 e. The van der Waals surface area contributed by atoms with Gasteiger partial charge in [0.05, 0.1) is 0 Å². The number of nitrogens with two attached hydrogens (primary N) is 1. The highest BCUT2D eigenvalue weighted by atomic mass is 15.3. The molecule has 1 aliphatic rings. The molecule has 1 rings (SSSR count). The first-order valence-corrected chi connectivity index (χ1v) is 3.78. The van der Waals surface area contributed by atoms with Gasteiger partial charge in [-0.2, -0.15) is 0 Å². The average molecular weight is 141 g/mol. The second-order valence-corrected chi connectivity index (χ2v) is 2.60. The van der Waals surface area contributed by atoms with Crippen LogP contribution in [0.5, 0.6) is 0 Å². The van der Waals surface area contributed by atoms with E-state index in [9.17, 15) is 0 Å². The van der Waals surface area contributed by atoms with Crippen LogP contribution in [-0.4, -0.2) is 30.5 Å². The Labute approximate surface area is 61.9 Å². The molecular formula is C7H15N3. The maximum absolute atomic E-state index is 5.64. The molecule has 0 atom stereocenters. The standard InChI is InChI=1S/C7H15N3/c1-3-10(6-4-5-6)7(8)9-2/h6H,3-5H2,1-2H3,(H2,8,9). The van der Waals surface area contributed by atoms with E-state index in [2.05, 4.69) is 16.8 Å². The third-order valence-corrected chi connectivity index (χ3v) is 1.85. The van der Waals surface area contributed by atoms with Crippen LogP contribution in [0.4, 0.5) is 0 Å². The van der Waals surface area contributed by atoms with Gasteiger partial charge in [-0.05, 0) is 19.8 Å². The van der Waals surface area contributed by atoms with E-state index in [0.717, 1.165) is 6.54 Å². The van der Waals surface area contributed by atoms with Gasteiger partial charge < -0.3 is 10.6 Å². The van der Waals surface area contributed by atoms with Gasteiger partial charge in [-0.3, -0.25) is 4.99 Å². The summed E-state index contributed by atoms with van der Waals surface area (Å²) in [7, 11) is 1.74. The molecule has 1 saturated carbocycles. The van der Waals surface area contributed by atoms with Gasteiger partial charge in [0.25, 0.3) is 0 Å². The van der Waals surface area contributed by atoms with Gasteiger partial charge in [-0.25, -0.2) is 0 Å². The zero-order valence-corrected chi connectivity index (χ0v) is 6.67. The molecule has 58 valence electrons. The third kappa shape index (κ3) is 1.40. The lowest BCUT2D eigenvalue weighted by Gasteiger charge is -2.20. The van der Waals surface area contributed by atoms with Gasteiger partial charge >= 0.3 is 0 Å². The Hall–Kier alpha value is -0.730. The van der Waals surface area contributed by atoms with Crippen molar-refractivity contribution in [2.45, 2.75) is 25.8 Å². The second-order valence-electron chi connectivity index (χ2n) is 2.60. The van der Waals surface area contributed by atoms with Crippen LogP contribution in [0.3, 0.4) is 0 Å². The average Bonchev–Trinajstić information content (AvgIpc) is 2.73. The van der Waals surface area contributed by atoms with Crippen LogP contribution in [0.25, 0.3) is 0 Å². The number of aliphatic imine (C=N–C) groups is 1. The van der Waals surface area contributed by atoms with Crippen LogP contribution >= 0.6 is 0 Å². The molecular weight excluding hydrogens is 126 g/mol. The summed E-state index contributed by atoms with van der Waals surface area (Å²) in [6.07, 6.45) is 2.56. The number of hydrogen-bond acceptors (Lipinski definition) is 1. The molecule has 0 aliphatic heterocycles. The first-order chi connectivity index (χ1) is 4.79. The van der Waals surface area contributed by atoms with Crippen LogP contribution in [0.1, 0.15) is 19.8 Å². The maximum atomic E-state index is 5.64. The molecule has 0 spiro atoms. The van der Waals surface area contributed by atoms with E-state index in [0.29, 0.717) is 12.0 Å². The second kappa shape index (κ2) is 2.90. The Balaban J connectivity index is 2.46. The Kier molecular flexibility index (Phi) is 2.14. The minimum Gasteiger partial charge on any atom is -0.370 e. The lowest BCUT2D eigenvalue weighted by atomic mass is 10.5. The van der Waals surface area contributed by atoms with E-state index in [1.165, 1.54) is 12.8 Å². The van der Waals surface area contributed by atoms with Crippen molar-refractivity contribution < 1.29 is 0 Å². The molecule has 1 fully saturated rings. The molecule has 3 nitrogen and oxygen atoms in total. The van der Waals surface area contributed by atoms with Crippen LogP contribution in [-0.2, 0) is 0 Å². The summed E-state index contributed by atoms with van der Waals surface area (Å²) in [5, 5.41) is 0. The predicted octanol–water partition coefficient (Wildman–Crippen LogP) is 0.415. The molecule has 0 bridgehead atoms. The van der Waals surface area contributed by atoms with Crippen molar-refractivity contribution in [3.05, 3.63) is 0 Å². The van der Waals surface area contributed by atoms with Gasteiger partial charge in [0, 0.05) is 19.6 Å². The van der Waals surface area contributed by atoms with Gasteiger partial charge in [0.2, 0.25) is 0 Å². The van der Waals surface area contributed by atoms with Gasteiger partial charge in [-0.15, -0.1) is 0 Å². The molecule has 0 radical (unpaired) electrons. The summed E-state index contributed by atoms with van der Waals surface area (Å²) >= 11 is 0. The van der Waals surface area contributed by atoms with Gasteiger partial charge in [0.1, 0.15) is 0 Å². The highest BCUT2D eigenvalue weighted by Gasteiger charge is 2.28. The fourth-order valence-corrected chi connectivity index (χ4v) is 1.12. The van der Waals surface area contributed by atoms with Crippen LogP contribution < -0.4 is 5.73 Å². The molecule has 0 aromatic heterocycles. The largest absolute Gasteiger partial charge is 0.370 e. The minimum atomic E-state index is 0.685. The van der Waals surface area contributed by atoms with Crippen LogP contribution in [0.2, 0.25) is 0 Å². The number of rotatable bonds is 2. The van der Waals surface area contributed by atoms with Crippen molar-refractivity contribution in [1.29, 1.82) is 0 Å². The van der Waals surface area contributed by atoms with E-state index in [1.807, 2.05) is 0 Å². The summed E-state index contributed by atoms with van der Waals surface area (Å²) in [5.74, 6) is 0.685. The van der Waals surface area contributed by atoms with E-state index < -0.39 is 0 Å². The molecule has 0 saturated heterocycles. The molecule has 0 amide bonds. The summed E-state index contributed by atoms with van der Waals surface area (Å²) in [6.45, 7) is 3.09. The molecule has 2 N–H and O–H groups in total. The Morgan fingerprint density at radius 2 is 2.30 bits per heavy atom. The molecule has 0 heterocycles.